The fourth-order valence-electron chi connectivity index (χ4n) is 2.41. The molecule has 2 rings (SSSR count). The molecule has 5 nitrogen and oxygen atoms in total. The van der Waals surface area contributed by atoms with Crippen molar-refractivity contribution in [2.24, 2.45) is 5.92 Å². The summed E-state index contributed by atoms with van der Waals surface area (Å²) in [4.78, 5) is 22.9. The molecule has 0 bridgehead atoms. The van der Waals surface area contributed by atoms with Crippen LogP contribution in [-0.4, -0.2) is 29.6 Å². The lowest BCUT2D eigenvalue weighted by atomic mass is 9.97. The van der Waals surface area contributed by atoms with Crippen molar-refractivity contribution in [3.05, 3.63) is 29.8 Å². The number of hydrogen-bond acceptors (Lipinski definition) is 3. The van der Waals surface area contributed by atoms with Crippen LogP contribution in [0.15, 0.2) is 24.3 Å². The number of carboxylic acid groups (broad SMARTS) is 1. The van der Waals surface area contributed by atoms with Gasteiger partial charge in [0, 0.05) is 30.6 Å². The van der Waals surface area contributed by atoms with E-state index >= 15 is 0 Å². The van der Waals surface area contributed by atoms with Crippen molar-refractivity contribution in [1.29, 1.82) is 0 Å². The van der Waals surface area contributed by atoms with Gasteiger partial charge in [-0.25, -0.2) is 0 Å². The van der Waals surface area contributed by atoms with E-state index in [1.807, 2.05) is 24.3 Å². The van der Waals surface area contributed by atoms with E-state index in [1.165, 1.54) is 0 Å². The summed E-state index contributed by atoms with van der Waals surface area (Å²) >= 11 is 0. The van der Waals surface area contributed by atoms with E-state index in [0.717, 1.165) is 17.8 Å². The van der Waals surface area contributed by atoms with Crippen LogP contribution in [0.1, 0.15) is 31.7 Å². The minimum atomic E-state index is -0.898. The predicted molar refractivity (Wildman–Crippen MR) is 76.7 cm³/mol. The van der Waals surface area contributed by atoms with Crippen LogP contribution in [0.4, 0.5) is 5.69 Å². The van der Waals surface area contributed by atoms with E-state index < -0.39 is 11.9 Å². The Bertz CT molecular complexity index is 516. The Morgan fingerprint density at radius 1 is 1.40 bits per heavy atom. The van der Waals surface area contributed by atoms with Gasteiger partial charge in [0.1, 0.15) is 0 Å². The van der Waals surface area contributed by atoms with Crippen LogP contribution in [0.2, 0.25) is 0 Å². The zero-order valence-electron chi connectivity index (χ0n) is 11.7. The lowest BCUT2D eigenvalue weighted by Crippen LogP contribution is -2.40. The van der Waals surface area contributed by atoms with Gasteiger partial charge in [0.15, 0.2) is 0 Å². The Labute approximate surface area is 118 Å². The van der Waals surface area contributed by atoms with E-state index in [-0.39, 0.29) is 17.9 Å². The van der Waals surface area contributed by atoms with Crippen LogP contribution in [0.5, 0.6) is 0 Å². The molecule has 1 aromatic rings. The molecule has 108 valence electrons. The molecule has 1 aromatic carbocycles. The van der Waals surface area contributed by atoms with Crippen molar-refractivity contribution >= 4 is 17.6 Å². The maximum Gasteiger partial charge on any atom is 0.308 e. The highest BCUT2D eigenvalue weighted by atomic mass is 16.4. The lowest BCUT2D eigenvalue weighted by Gasteiger charge is -2.19. The molecule has 0 aromatic heterocycles. The molecule has 0 saturated carbocycles. The van der Waals surface area contributed by atoms with Crippen LogP contribution in [0, 0.1) is 5.92 Å². The number of para-hydroxylation sites is 1. The molecular weight excluding hydrogens is 256 g/mol. The highest BCUT2D eigenvalue weighted by Crippen LogP contribution is 2.33. The number of carbonyl (C=O) groups excluding carboxylic acids is 1. The van der Waals surface area contributed by atoms with E-state index in [9.17, 15) is 9.59 Å². The topological polar surface area (TPSA) is 78.4 Å². The molecule has 3 N–H and O–H groups in total. The zero-order chi connectivity index (χ0) is 14.7. The summed E-state index contributed by atoms with van der Waals surface area (Å²) in [6.07, 6.45) is 0.376. The number of nitrogens with one attached hydrogen (secondary N) is 2. The Hall–Kier alpha value is -2.04. The number of fused-ring (bicyclic) bond motifs is 1. The van der Waals surface area contributed by atoms with Gasteiger partial charge in [0.05, 0.1) is 5.92 Å². The highest BCUT2D eigenvalue weighted by Gasteiger charge is 2.26. The molecule has 3 unspecified atom stereocenters. The third-order valence-corrected chi connectivity index (χ3v) is 3.90. The second kappa shape index (κ2) is 5.94. The van der Waals surface area contributed by atoms with E-state index in [4.69, 9.17) is 5.11 Å². The number of anilines is 1. The minimum absolute atomic E-state index is 0.103. The molecule has 0 spiro atoms. The molecule has 1 heterocycles. The quantitative estimate of drug-likeness (QED) is 0.766. The molecule has 0 saturated heterocycles. The highest BCUT2D eigenvalue weighted by molar-refractivity contribution is 5.79. The second-order valence-electron chi connectivity index (χ2n) is 5.35. The van der Waals surface area contributed by atoms with E-state index in [0.29, 0.717) is 6.42 Å². The predicted octanol–water partition coefficient (Wildman–Crippen LogP) is 1.81. The summed E-state index contributed by atoms with van der Waals surface area (Å²) < 4.78 is 0. The Balaban J connectivity index is 1.92. The lowest BCUT2D eigenvalue weighted by molar-refractivity contribution is -0.142. The first-order chi connectivity index (χ1) is 9.49. The van der Waals surface area contributed by atoms with Crippen LogP contribution in [-0.2, 0) is 9.59 Å². The molecular formula is C15H20N2O3. The van der Waals surface area contributed by atoms with Crippen molar-refractivity contribution in [2.45, 2.75) is 32.2 Å². The van der Waals surface area contributed by atoms with Crippen molar-refractivity contribution in [2.75, 3.05) is 11.9 Å². The molecule has 1 aliphatic heterocycles. The van der Waals surface area contributed by atoms with Gasteiger partial charge in [-0.1, -0.05) is 18.2 Å². The summed E-state index contributed by atoms with van der Waals surface area (Å²) in [7, 11) is 0. The van der Waals surface area contributed by atoms with Gasteiger partial charge >= 0.3 is 5.97 Å². The number of hydrogen-bond donors (Lipinski definition) is 3. The Morgan fingerprint density at radius 2 is 2.10 bits per heavy atom. The van der Waals surface area contributed by atoms with Gasteiger partial charge in [0.25, 0.3) is 0 Å². The van der Waals surface area contributed by atoms with Gasteiger partial charge < -0.3 is 15.7 Å². The molecule has 5 heteroatoms. The van der Waals surface area contributed by atoms with Crippen molar-refractivity contribution < 1.29 is 14.7 Å². The first-order valence-corrected chi connectivity index (χ1v) is 6.84. The number of rotatable bonds is 5. The van der Waals surface area contributed by atoms with E-state index in [2.05, 4.69) is 10.6 Å². The van der Waals surface area contributed by atoms with E-state index in [1.54, 1.807) is 13.8 Å². The zero-order valence-corrected chi connectivity index (χ0v) is 11.7. The number of aliphatic carboxylic acids is 1. The number of amides is 1. The van der Waals surface area contributed by atoms with Crippen LogP contribution < -0.4 is 10.6 Å². The van der Waals surface area contributed by atoms with Gasteiger partial charge in [-0.2, -0.15) is 0 Å². The molecule has 1 amide bonds. The Morgan fingerprint density at radius 3 is 2.80 bits per heavy atom. The number of carbonyl (C=O) groups is 2. The van der Waals surface area contributed by atoms with Crippen molar-refractivity contribution in [1.82, 2.24) is 5.32 Å². The number of carboxylic acids is 1. The first kappa shape index (κ1) is 14.4. The molecule has 1 aliphatic rings. The van der Waals surface area contributed by atoms with Crippen LogP contribution >= 0.6 is 0 Å². The maximum atomic E-state index is 12.0. The van der Waals surface area contributed by atoms with Gasteiger partial charge in [0.2, 0.25) is 5.91 Å². The molecule has 0 aliphatic carbocycles. The second-order valence-corrected chi connectivity index (χ2v) is 5.35. The summed E-state index contributed by atoms with van der Waals surface area (Å²) in [5.74, 6) is -1.44. The molecule has 3 atom stereocenters. The first-order valence-electron chi connectivity index (χ1n) is 6.84. The fraction of sp³-hybridized carbons (Fsp3) is 0.467. The maximum absolute atomic E-state index is 12.0. The van der Waals surface area contributed by atoms with Crippen LogP contribution in [0.3, 0.4) is 0 Å². The third kappa shape index (κ3) is 3.10. The standard InChI is InChI=1S/C15H20N2O3/c1-9(15(19)20)10(2)17-14(18)7-11-8-16-13-6-4-3-5-12(11)13/h3-6,9-11,16H,7-8H2,1-2H3,(H,17,18)(H,19,20). The average molecular weight is 276 g/mol. The SMILES string of the molecule is CC(NC(=O)CC1CNc2ccccc21)C(C)C(=O)O. The van der Waals surface area contributed by atoms with Crippen molar-refractivity contribution in [3.8, 4) is 0 Å². The Kier molecular flexibility index (Phi) is 4.27. The minimum Gasteiger partial charge on any atom is -0.481 e. The van der Waals surface area contributed by atoms with Crippen LogP contribution in [0.25, 0.3) is 0 Å². The summed E-state index contributed by atoms with van der Waals surface area (Å²) in [6, 6.07) is 7.58. The third-order valence-electron chi connectivity index (χ3n) is 3.90. The summed E-state index contributed by atoms with van der Waals surface area (Å²) in [5, 5.41) is 15.0. The smallest absolute Gasteiger partial charge is 0.308 e. The van der Waals surface area contributed by atoms with Gasteiger partial charge in [-0.15, -0.1) is 0 Å². The average Bonchev–Trinajstić information content (AvgIpc) is 2.81. The summed E-state index contributed by atoms with van der Waals surface area (Å²) in [6.45, 7) is 4.06. The number of benzene rings is 1. The normalized spacial score (nSPS) is 19.6. The fourth-order valence-corrected chi connectivity index (χ4v) is 2.41. The van der Waals surface area contributed by atoms with Crippen molar-refractivity contribution in [3.63, 3.8) is 0 Å². The largest absolute Gasteiger partial charge is 0.481 e. The summed E-state index contributed by atoms with van der Waals surface area (Å²) in [5.41, 5.74) is 2.24. The molecule has 0 fully saturated rings. The van der Waals surface area contributed by atoms with Gasteiger partial charge in [-0.05, 0) is 25.5 Å². The monoisotopic (exact) mass is 276 g/mol. The van der Waals surface area contributed by atoms with Gasteiger partial charge in [-0.3, -0.25) is 9.59 Å². The molecule has 20 heavy (non-hydrogen) atoms. The molecule has 0 radical (unpaired) electrons.